The first-order valence-electron chi connectivity index (χ1n) is 13.9. The predicted molar refractivity (Wildman–Crippen MR) is 160 cm³/mol. The van der Waals surface area contributed by atoms with Crippen LogP contribution in [0.1, 0.15) is 74.8 Å². The van der Waals surface area contributed by atoms with E-state index in [2.05, 4.69) is 64.3 Å². The first-order valence-corrected chi connectivity index (χ1v) is 16.8. The predicted octanol–water partition coefficient (Wildman–Crippen LogP) is 6.32. The van der Waals surface area contributed by atoms with E-state index >= 15 is 0 Å². The number of hydrogen-bond donors (Lipinski definition) is 3. The molecule has 7 nitrogen and oxygen atoms in total. The molecule has 3 N–H and O–H groups in total. The fraction of sp³-hybridized carbons (Fsp3) is 0.516. The van der Waals surface area contributed by atoms with Gasteiger partial charge in [0.05, 0.1) is 19.3 Å². The van der Waals surface area contributed by atoms with E-state index in [4.69, 9.17) is 9.16 Å². The number of carbonyl (C=O) groups excluding carboxylic acids is 1. The van der Waals surface area contributed by atoms with Crippen LogP contribution in [0.3, 0.4) is 0 Å². The first kappa shape index (κ1) is 30.9. The average Bonchev–Trinajstić information content (AvgIpc) is 3.24. The SMILES string of the molecule is CCOC(=O)c1cc2cc(C[C@@H](C)NC[C@@H](O[Si](C)(C)C(C)(C)C)c3ccc(O)c(CO)c3)ccc2n1CC. The van der Waals surface area contributed by atoms with Gasteiger partial charge in [0.15, 0.2) is 8.32 Å². The van der Waals surface area contributed by atoms with Crippen LogP contribution in [0.4, 0.5) is 0 Å². The number of nitrogens with zero attached hydrogens (tertiary/aromatic N) is 1. The molecular formula is C31H46N2O5Si. The molecule has 0 fully saturated rings. The topological polar surface area (TPSA) is 93.0 Å². The lowest BCUT2D eigenvalue weighted by molar-refractivity contribution is 0.0514. The monoisotopic (exact) mass is 554 g/mol. The third-order valence-electron chi connectivity index (χ3n) is 7.85. The molecule has 214 valence electrons. The molecule has 0 spiro atoms. The van der Waals surface area contributed by atoms with Crippen LogP contribution in [0.25, 0.3) is 10.9 Å². The molecule has 3 aromatic rings. The molecule has 0 aliphatic heterocycles. The van der Waals surface area contributed by atoms with Gasteiger partial charge in [0.2, 0.25) is 0 Å². The summed E-state index contributed by atoms with van der Waals surface area (Å²) in [5.41, 5.74) is 4.23. The zero-order chi connectivity index (χ0) is 29.0. The summed E-state index contributed by atoms with van der Waals surface area (Å²) in [7, 11) is -2.10. The molecule has 2 aromatic carbocycles. The van der Waals surface area contributed by atoms with E-state index in [0.717, 1.165) is 22.9 Å². The van der Waals surface area contributed by atoms with Crippen molar-refractivity contribution >= 4 is 25.2 Å². The van der Waals surface area contributed by atoms with E-state index in [1.165, 1.54) is 5.56 Å². The van der Waals surface area contributed by atoms with Crippen LogP contribution in [0.5, 0.6) is 5.75 Å². The lowest BCUT2D eigenvalue weighted by Crippen LogP contribution is -2.44. The van der Waals surface area contributed by atoms with Crippen LogP contribution in [-0.2, 0) is 28.7 Å². The van der Waals surface area contributed by atoms with E-state index < -0.39 is 8.32 Å². The summed E-state index contributed by atoms with van der Waals surface area (Å²) >= 11 is 0. The number of aliphatic hydroxyl groups excluding tert-OH is 1. The van der Waals surface area contributed by atoms with E-state index in [1.807, 2.05) is 36.6 Å². The van der Waals surface area contributed by atoms with E-state index in [-0.39, 0.29) is 35.5 Å². The standard InChI is InChI=1S/C31H46N2O5Si/c1-9-33-26-13-11-22(16-24(26)18-27(33)30(36)37-10-2)15-21(3)32-19-29(38-39(7,8)31(4,5)6)23-12-14-28(35)25(17-23)20-34/h11-14,16-18,21,29,32,34-35H,9-10,15,19-20H2,1-8H3/t21-,29-/m1/s1. The van der Waals surface area contributed by atoms with Crippen molar-refractivity contribution in [1.82, 2.24) is 9.88 Å². The average molecular weight is 555 g/mol. The Balaban J connectivity index is 1.79. The minimum Gasteiger partial charge on any atom is -0.508 e. The van der Waals surface area contributed by atoms with Gasteiger partial charge in [-0.3, -0.25) is 0 Å². The second kappa shape index (κ2) is 12.7. The third-order valence-corrected chi connectivity index (χ3v) is 12.3. The maximum atomic E-state index is 12.5. The van der Waals surface area contributed by atoms with Gasteiger partial charge in [0.1, 0.15) is 11.4 Å². The van der Waals surface area contributed by atoms with Gasteiger partial charge < -0.3 is 29.3 Å². The summed E-state index contributed by atoms with van der Waals surface area (Å²) in [6, 6.07) is 13.8. The van der Waals surface area contributed by atoms with E-state index in [0.29, 0.717) is 31.0 Å². The molecular weight excluding hydrogens is 508 g/mol. The third kappa shape index (κ3) is 7.31. The number of nitrogens with one attached hydrogen (secondary N) is 1. The highest BCUT2D eigenvalue weighted by Gasteiger charge is 2.39. The molecule has 0 aliphatic carbocycles. The lowest BCUT2D eigenvalue weighted by Gasteiger charge is -2.40. The minimum absolute atomic E-state index is 0.0420. The van der Waals surface area contributed by atoms with Crippen molar-refractivity contribution in [3.63, 3.8) is 0 Å². The molecule has 2 atom stereocenters. The molecule has 3 rings (SSSR count). The smallest absolute Gasteiger partial charge is 0.354 e. The lowest BCUT2D eigenvalue weighted by atomic mass is 10.0. The highest BCUT2D eigenvalue weighted by molar-refractivity contribution is 6.74. The Morgan fingerprint density at radius 1 is 1.10 bits per heavy atom. The number of hydrogen-bond acceptors (Lipinski definition) is 6. The zero-order valence-corrected chi connectivity index (χ0v) is 25.8. The van der Waals surface area contributed by atoms with Crippen LogP contribution in [-0.4, -0.2) is 48.3 Å². The Bertz CT molecular complexity index is 1280. The number of phenols is 1. The van der Waals surface area contributed by atoms with Crippen LogP contribution in [0.15, 0.2) is 42.5 Å². The molecule has 39 heavy (non-hydrogen) atoms. The van der Waals surface area contributed by atoms with Crippen molar-refractivity contribution < 1.29 is 24.2 Å². The van der Waals surface area contributed by atoms with Gasteiger partial charge in [-0.2, -0.15) is 0 Å². The second-order valence-electron chi connectivity index (χ2n) is 11.8. The van der Waals surface area contributed by atoms with Crippen LogP contribution < -0.4 is 5.32 Å². The molecule has 1 heterocycles. The molecule has 8 heteroatoms. The number of esters is 1. The molecule has 0 amide bonds. The van der Waals surface area contributed by atoms with Crippen LogP contribution in [0, 0.1) is 0 Å². The largest absolute Gasteiger partial charge is 0.508 e. The molecule has 0 saturated heterocycles. The Labute approximate surface area is 234 Å². The maximum absolute atomic E-state index is 12.5. The van der Waals surface area contributed by atoms with Gasteiger partial charge >= 0.3 is 5.97 Å². The van der Waals surface area contributed by atoms with Gasteiger partial charge in [-0.1, -0.05) is 32.9 Å². The van der Waals surface area contributed by atoms with E-state index in [1.54, 1.807) is 6.07 Å². The summed E-state index contributed by atoms with van der Waals surface area (Å²) in [5, 5.41) is 24.5. The van der Waals surface area contributed by atoms with Gasteiger partial charge in [-0.05, 0) is 86.8 Å². The van der Waals surface area contributed by atoms with Gasteiger partial charge in [-0.15, -0.1) is 0 Å². The van der Waals surface area contributed by atoms with Crippen molar-refractivity contribution in [2.45, 2.75) is 91.4 Å². The van der Waals surface area contributed by atoms with Gasteiger partial charge in [-0.25, -0.2) is 4.79 Å². The highest BCUT2D eigenvalue weighted by Crippen LogP contribution is 2.40. The summed E-state index contributed by atoms with van der Waals surface area (Å²) in [6.07, 6.45) is 0.596. The van der Waals surface area contributed by atoms with Crippen molar-refractivity contribution in [1.29, 1.82) is 0 Å². The Kier molecular flexibility index (Phi) is 10.0. The number of aliphatic hydroxyl groups is 1. The normalized spacial score (nSPS) is 14.0. The van der Waals surface area contributed by atoms with E-state index in [9.17, 15) is 15.0 Å². The Morgan fingerprint density at radius 3 is 2.44 bits per heavy atom. The van der Waals surface area contributed by atoms with Gasteiger partial charge in [0.25, 0.3) is 0 Å². The number of fused-ring (bicyclic) bond motifs is 1. The first-order chi connectivity index (χ1) is 18.3. The quantitative estimate of drug-likeness (QED) is 0.179. The maximum Gasteiger partial charge on any atom is 0.354 e. The number of aromatic hydroxyl groups is 1. The fourth-order valence-electron chi connectivity index (χ4n) is 4.59. The minimum atomic E-state index is -2.10. The summed E-state index contributed by atoms with van der Waals surface area (Å²) in [5.74, 6) is -0.203. The molecule has 0 unspecified atom stereocenters. The number of rotatable bonds is 12. The van der Waals surface area contributed by atoms with Crippen LogP contribution in [0.2, 0.25) is 18.1 Å². The second-order valence-corrected chi connectivity index (χ2v) is 16.6. The molecule has 0 bridgehead atoms. The van der Waals surface area contributed by atoms with Crippen molar-refractivity contribution in [2.75, 3.05) is 13.2 Å². The summed E-state index contributed by atoms with van der Waals surface area (Å²) in [6.45, 7) is 18.6. The number of aromatic nitrogens is 1. The number of aryl methyl sites for hydroxylation is 1. The van der Waals surface area contributed by atoms with Crippen molar-refractivity contribution in [3.05, 3.63) is 64.8 Å². The molecule has 0 radical (unpaired) electrons. The molecule has 0 saturated carbocycles. The zero-order valence-electron chi connectivity index (χ0n) is 24.8. The van der Waals surface area contributed by atoms with Gasteiger partial charge in [0, 0.05) is 35.6 Å². The fourth-order valence-corrected chi connectivity index (χ4v) is 5.87. The number of benzene rings is 2. The Hall–Kier alpha value is -2.65. The Morgan fingerprint density at radius 2 is 1.82 bits per heavy atom. The highest BCUT2D eigenvalue weighted by atomic mass is 28.4. The molecule has 0 aliphatic rings. The van der Waals surface area contributed by atoms with Crippen molar-refractivity contribution in [3.8, 4) is 5.75 Å². The summed E-state index contributed by atoms with van der Waals surface area (Å²) < 4.78 is 14.1. The summed E-state index contributed by atoms with van der Waals surface area (Å²) in [4.78, 5) is 12.5. The number of ether oxygens (including phenoxy) is 1. The van der Waals surface area contributed by atoms with Crippen LogP contribution >= 0.6 is 0 Å². The van der Waals surface area contributed by atoms with Crippen molar-refractivity contribution in [2.24, 2.45) is 0 Å². The molecule has 1 aromatic heterocycles. The number of carbonyl (C=O) groups is 1.